The molecule has 1 rings (SSSR count). The van der Waals surface area contributed by atoms with Crippen LogP contribution in [-0.4, -0.2) is 12.8 Å². The van der Waals surface area contributed by atoms with Crippen molar-refractivity contribution in [3.63, 3.8) is 0 Å². The van der Waals surface area contributed by atoms with Crippen LogP contribution in [0.1, 0.15) is 11.8 Å². The molecule has 0 aliphatic heterocycles. The van der Waals surface area contributed by atoms with Gasteiger partial charge in [0.1, 0.15) is 7.11 Å². The normalized spacial score (nSPS) is 11.6. The second-order valence-corrected chi connectivity index (χ2v) is 2.78. The van der Waals surface area contributed by atoms with Crippen LogP contribution in [0.3, 0.4) is 0 Å². The van der Waals surface area contributed by atoms with E-state index in [0.29, 0.717) is 0 Å². The van der Waals surface area contributed by atoms with Gasteiger partial charge < -0.3 is 4.84 Å². The van der Waals surface area contributed by atoms with E-state index in [1.165, 1.54) is 0 Å². The van der Waals surface area contributed by atoms with Crippen LogP contribution in [0, 0.1) is 0 Å². The minimum Gasteiger partial charge on any atom is -0.399 e. The highest BCUT2D eigenvalue weighted by Crippen LogP contribution is 2.09. The Morgan fingerprint density at radius 1 is 1.70 bits per heavy atom. The summed E-state index contributed by atoms with van der Waals surface area (Å²) in [5.74, 6) is 0. The molecule has 0 saturated carbocycles. The van der Waals surface area contributed by atoms with Gasteiger partial charge in [0.05, 0.1) is 10.6 Å². The SMILES string of the molecule is CO/N=C(\C)c1cccs1. The van der Waals surface area contributed by atoms with E-state index in [1.54, 1.807) is 18.4 Å². The zero-order chi connectivity index (χ0) is 7.40. The summed E-state index contributed by atoms with van der Waals surface area (Å²) in [5, 5.41) is 5.81. The molecule has 0 saturated heterocycles. The number of hydrogen-bond donors (Lipinski definition) is 0. The molecule has 3 heteroatoms. The molecule has 0 radical (unpaired) electrons. The Balaban J connectivity index is 2.77. The first-order chi connectivity index (χ1) is 4.84. The molecule has 2 nitrogen and oxygen atoms in total. The lowest BCUT2D eigenvalue weighted by molar-refractivity contribution is 0.213. The van der Waals surface area contributed by atoms with E-state index in [0.717, 1.165) is 10.6 Å². The molecule has 1 aromatic heterocycles. The molecule has 1 aromatic rings. The summed E-state index contributed by atoms with van der Waals surface area (Å²) in [7, 11) is 1.55. The molecule has 0 atom stereocenters. The molecule has 0 amide bonds. The molecule has 0 N–H and O–H groups in total. The summed E-state index contributed by atoms with van der Waals surface area (Å²) in [6, 6.07) is 4.01. The Hall–Kier alpha value is -0.830. The topological polar surface area (TPSA) is 21.6 Å². The van der Waals surface area contributed by atoms with Gasteiger partial charge in [-0.3, -0.25) is 0 Å². The van der Waals surface area contributed by atoms with Crippen molar-refractivity contribution in [3.05, 3.63) is 22.4 Å². The van der Waals surface area contributed by atoms with E-state index in [1.807, 2.05) is 24.4 Å². The fraction of sp³-hybridized carbons (Fsp3) is 0.286. The molecular formula is C7H9NOS. The summed E-state index contributed by atoms with van der Waals surface area (Å²) in [4.78, 5) is 5.78. The van der Waals surface area contributed by atoms with Gasteiger partial charge in [0.15, 0.2) is 0 Å². The maximum atomic E-state index is 4.62. The van der Waals surface area contributed by atoms with Gasteiger partial charge >= 0.3 is 0 Å². The van der Waals surface area contributed by atoms with Gasteiger partial charge in [-0.05, 0) is 18.4 Å². The van der Waals surface area contributed by atoms with E-state index in [4.69, 9.17) is 0 Å². The van der Waals surface area contributed by atoms with Crippen LogP contribution in [0.2, 0.25) is 0 Å². The highest BCUT2D eigenvalue weighted by Gasteiger charge is 1.95. The van der Waals surface area contributed by atoms with Crippen molar-refractivity contribution in [2.75, 3.05) is 7.11 Å². The van der Waals surface area contributed by atoms with E-state index >= 15 is 0 Å². The van der Waals surface area contributed by atoms with Crippen molar-refractivity contribution in [2.24, 2.45) is 5.16 Å². The Morgan fingerprint density at radius 2 is 2.50 bits per heavy atom. The predicted molar refractivity (Wildman–Crippen MR) is 43.5 cm³/mol. The predicted octanol–water partition coefficient (Wildman–Crippen LogP) is 2.12. The highest BCUT2D eigenvalue weighted by molar-refractivity contribution is 7.12. The minimum absolute atomic E-state index is 0.928. The van der Waals surface area contributed by atoms with Gasteiger partial charge in [-0.2, -0.15) is 0 Å². The van der Waals surface area contributed by atoms with Crippen LogP contribution < -0.4 is 0 Å². The van der Waals surface area contributed by atoms with Crippen LogP contribution >= 0.6 is 11.3 Å². The third-order valence-corrected chi connectivity index (χ3v) is 2.08. The number of nitrogens with zero attached hydrogens (tertiary/aromatic N) is 1. The average Bonchev–Trinajstić information content (AvgIpc) is 2.38. The summed E-state index contributed by atoms with van der Waals surface area (Å²) >= 11 is 1.66. The van der Waals surface area contributed by atoms with Gasteiger partial charge in [-0.15, -0.1) is 11.3 Å². The molecule has 0 unspecified atom stereocenters. The fourth-order valence-electron chi connectivity index (χ4n) is 0.666. The average molecular weight is 155 g/mol. The van der Waals surface area contributed by atoms with Crippen molar-refractivity contribution in [1.82, 2.24) is 0 Å². The third-order valence-electron chi connectivity index (χ3n) is 1.11. The Morgan fingerprint density at radius 3 is 3.00 bits per heavy atom. The molecule has 0 aliphatic carbocycles. The van der Waals surface area contributed by atoms with Crippen molar-refractivity contribution < 1.29 is 4.84 Å². The maximum Gasteiger partial charge on any atom is 0.106 e. The van der Waals surface area contributed by atoms with Crippen LogP contribution in [0.25, 0.3) is 0 Å². The molecule has 0 spiro atoms. The molecule has 0 aliphatic rings. The fourth-order valence-corrected chi connectivity index (χ4v) is 1.34. The van der Waals surface area contributed by atoms with E-state index < -0.39 is 0 Å². The molecule has 0 fully saturated rings. The second kappa shape index (κ2) is 3.37. The van der Waals surface area contributed by atoms with Gasteiger partial charge in [0.2, 0.25) is 0 Å². The molecule has 10 heavy (non-hydrogen) atoms. The Bertz CT molecular complexity index is 216. The third kappa shape index (κ3) is 1.57. The van der Waals surface area contributed by atoms with Crippen LogP contribution in [0.5, 0.6) is 0 Å². The quantitative estimate of drug-likeness (QED) is 0.473. The number of hydrogen-bond acceptors (Lipinski definition) is 3. The maximum absolute atomic E-state index is 4.62. The lowest BCUT2D eigenvalue weighted by Gasteiger charge is -1.91. The largest absolute Gasteiger partial charge is 0.399 e. The lowest BCUT2D eigenvalue weighted by Crippen LogP contribution is -1.89. The Labute approximate surface area is 64.1 Å². The zero-order valence-electron chi connectivity index (χ0n) is 6.00. The summed E-state index contributed by atoms with van der Waals surface area (Å²) < 4.78 is 0. The second-order valence-electron chi connectivity index (χ2n) is 1.84. The van der Waals surface area contributed by atoms with Crippen LogP contribution in [0.4, 0.5) is 0 Å². The van der Waals surface area contributed by atoms with Crippen molar-refractivity contribution in [1.29, 1.82) is 0 Å². The molecule has 0 bridgehead atoms. The van der Waals surface area contributed by atoms with Gasteiger partial charge in [-0.1, -0.05) is 11.2 Å². The monoisotopic (exact) mass is 155 g/mol. The molecular weight excluding hydrogens is 146 g/mol. The van der Waals surface area contributed by atoms with Crippen molar-refractivity contribution in [3.8, 4) is 0 Å². The van der Waals surface area contributed by atoms with Gasteiger partial charge in [0, 0.05) is 0 Å². The lowest BCUT2D eigenvalue weighted by atomic mass is 10.3. The van der Waals surface area contributed by atoms with Crippen molar-refractivity contribution in [2.45, 2.75) is 6.92 Å². The Kier molecular flexibility index (Phi) is 2.45. The first-order valence-corrected chi connectivity index (χ1v) is 3.84. The van der Waals surface area contributed by atoms with Crippen molar-refractivity contribution >= 4 is 17.0 Å². The number of oxime groups is 1. The number of thiophene rings is 1. The standard InChI is InChI=1S/C7H9NOS/c1-6(8-9-2)7-4-3-5-10-7/h3-5H,1-2H3/b8-6+. The van der Waals surface area contributed by atoms with E-state index in [2.05, 4.69) is 9.99 Å². The summed E-state index contributed by atoms with van der Waals surface area (Å²) in [6.45, 7) is 1.93. The summed E-state index contributed by atoms with van der Waals surface area (Å²) in [6.07, 6.45) is 0. The van der Waals surface area contributed by atoms with Gasteiger partial charge in [-0.25, -0.2) is 0 Å². The summed E-state index contributed by atoms with van der Waals surface area (Å²) in [5.41, 5.74) is 0.928. The zero-order valence-corrected chi connectivity index (χ0v) is 6.81. The van der Waals surface area contributed by atoms with Crippen LogP contribution in [0.15, 0.2) is 22.7 Å². The first kappa shape index (κ1) is 7.28. The molecule has 1 heterocycles. The minimum atomic E-state index is 0.928. The first-order valence-electron chi connectivity index (χ1n) is 2.96. The smallest absolute Gasteiger partial charge is 0.106 e. The molecule has 54 valence electrons. The highest BCUT2D eigenvalue weighted by atomic mass is 32.1. The number of rotatable bonds is 2. The molecule has 0 aromatic carbocycles. The van der Waals surface area contributed by atoms with E-state index in [9.17, 15) is 0 Å². The van der Waals surface area contributed by atoms with E-state index in [-0.39, 0.29) is 0 Å². The van der Waals surface area contributed by atoms with Crippen LogP contribution in [-0.2, 0) is 4.84 Å². The van der Waals surface area contributed by atoms with Gasteiger partial charge in [0.25, 0.3) is 0 Å².